The summed E-state index contributed by atoms with van der Waals surface area (Å²) in [4.78, 5) is 27.5. The number of hydrogen-bond acceptors (Lipinski definition) is 4. The molecular formula is C18H17F3N2O3S. The fourth-order valence-corrected chi connectivity index (χ4v) is 3.88. The smallest absolute Gasteiger partial charge is 0.416 e. The second kappa shape index (κ2) is 7.67. The van der Waals surface area contributed by atoms with Crippen molar-refractivity contribution in [3.05, 3.63) is 40.9 Å². The first-order valence-corrected chi connectivity index (χ1v) is 9.29. The van der Waals surface area contributed by atoms with Crippen LogP contribution in [0.1, 0.15) is 41.7 Å². The zero-order valence-electron chi connectivity index (χ0n) is 14.1. The molecule has 1 aliphatic carbocycles. The van der Waals surface area contributed by atoms with Gasteiger partial charge in [0, 0.05) is 17.0 Å². The minimum atomic E-state index is -4.44. The van der Waals surface area contributed by atoms with Crippen LogP contribution in [0.3, 0.4) is 0 Å². The second-order valence-electron chi connectivity index (χ2n) is 6.48. The molecule has 9 heteroatoms. The molecule has 1 saturated carbocycles. The van der Waals surface area contributed by atoms with Crippen molar-refractivity contribution in [2.45, 2.75) is 37.9 Å². The van der Waals surface area contributed by atoms with Crippen LogP contribution in [0.15, 0.2) is 29.6 Å². The van der Waals surface area contributed by atoms with E-state index in [1.807, 2.05) is 0 Å². The van der Waals surface area contributed by atoms with Crippen LogP contribution in [0, 0.1) is 5.92 Å². The zero-order chi connectivity index (χ0) is 19.6. The number of halogens is 3. The Morgan fingerprint density at radius 2 is 1.89 bits per heavy atom. The number of nitrogens with zero attached hydrogens (tertiary/aromatic N) is 1. The number of benzene rings is 1. The van der Waals surface area contributed by atoms with Crippen LogP contribution < -0.4 is 5.32 Å². The van der Waals surface area contributed by atoms with Crippen LogP contribution in [0.2, 0.25) is 0 Å². The number of carboxylic acids is 1. The lowest BCUT2D eigenvalue weighted by molar-refractivity contribution is -0.143. The van der Waals surface area contributed by atoms with Crippen LogP contribution in [0.5, 0.6) is 0 Å². The predicted octanol–water partition coefficient (Wildman–Crippen LogP) is 4.20. The lowest BCUT2D eigenvalue weighted by Crippen LogP contribution is -2.38. The second-order valence-corrected chi connectivity index (χ2v) is 7.33. The lowest BCUT2D eigenvalue weighted by atomic mass is 9.86. The molecule has 2 N–H and O–H groups in total. The number of amides is 1. The van der Waals surface area contributed by atoms with Gasteiger partial charge in [-0.3, -0.25) is 9.59 Å². The van der Waals surface area contributed by atoms with Crippen molar-refractivity contribution in [2.24, 2.45) is 5.92 Å². The number of aliphatic carboxylic acids is 1. The van der Waals surface area contributed by atoms with Crippen LogP contribution in [0.4, 0.5) is 13.2 Å². The minimum Gasteiger partial charge on any atom is -0.481 e. The Morgan fingerprint density at radius 3 is 2.52 bits per heavy atom. The van der Waals surface area contributed by atoms with Crippen molar-refractivity contribution in [2.75, 3.05) is 0 Å². The molecule has 1 aliphatic rings. The first-order chi connectivity index (χ1) is 12.7. The number of carbonyl (C=O) groups excluding carboxylic acids is 1. The van der Waals surface area contributed by atoms with Crippen molar-refractivity contribution < 1.29 is 27.9 Å². The minimum absolute atomic E-state index is 0.119. The Hall–Kier alpha value is -2.42. The molecule has 1 amide bonds. The number of nitrogens with one attached hydrogen (secondary N) is 1. The first-order valence-electron chi connectivity index (χ1n) is 8.41. The number of alkyl halides is 3. The van der Waals surface area contributed by atoms with Gasteiger partial charge >= 0.3 is 12.1 Å². The molecule has 3 rings (SSSR count). The summed E-state index contributed by atoms with van der Waals surface area (Å²) < 4.78 is 38.5. The topological polar surface area (TPSA) is 79.3 Å². The van der Waals surface area contributed by atoms with Crippen molar-refractivity contribution in [1.82, 2.24) is 10.3 Å². The van der Waals surface area contributed by atoms with E-state index in [9.17, 15) is 22.8 Å². The SMILES string of the molecule is O=C(NC1CCC(C(=O)O)CC1)c1csc(-c2cccc(C(F)(F)F)c2)n1. The third kappa shape index (κ3) is 4.65. The highest BCUT2D eigenvalue weighted by atomic mass is 32.1. The number of aromatic nitrogens is 1. The summed E-state index contributed by atoms with van der Waals surface area (Å²) in [5, 5.41) is 13.7. The molecule has 27 heavy (non-hydrogen) atoms. The summed E-state index contributed by atoms with van der Waals surface area (Å²) in [5.74, 6) is -1.59. The summed E-state index contributed by atoms with van der Waals surface area (Å²) in [7, 11) is 0. The molecule has 0 spiro atoms. The van der Waals surface area contributed by atoms with E-state index in [0.717, 1.165) is 23.5 Å². The summed E-state index contributed by atoms with van der Waals surface area (Å²) in [6, 6.07) is 4.70. The van der Waals surface area contributed by atoms with E-state index in [4.69, 9.17) is 5.11 Å². The van der Waals surface area contributed by atoms with Gasteiger partial charge in [-0.15, -0.1) is 11.3 Å². The van der Waals surface area contributed by atoms with Crippen LogP contribution >= 0.6 is 11.3 Å². The molecule has 1 fully saturated rings. The number of thiazole rings is 1. The zero-order valence-corrected chi connectivity index (χ0v) is 14.9. The van der Waals surface area contributed by atoms with E-state index in [1.54, 1.807) is 0 Å². The highest BCUT2D eigenvalue weighted by molar-refractivity contribution is 7.13. The van der Waals surface area contributed by atoms with Gasteiger partial charge in [-0.2, -0.15) is 13.2 Å². The van der Waals surface area contributed by atoms with E-state index in [-0.39, 0.29) is 17.7 Å². The van der Waals surface area contributed by atoms with Gasteiger partial charge in [0.25, 0.3) is 5.91 Å². The standard InChI is InChI=1S/C18H17F3N2O3S/c19-18(20,21)12-3-1-2-11(8-12)16-23-14(9-27-16)15(24)22-13-6-4-10(5-7-13)17(25)26/h1-3,8-10,13H,4-7H2,(H,22,24)(H,25,26). The van der Waals surface area contributed by atoms with E-state index in [0.29, 0.717) is 36.3 Å². The lowest BCUT2D eigenvalue weighted by Gasteiger charge is -2.26. The van der Waals surface area contributed by atoms with Gasteiger partial charge in [0.15, 0.2) is 0 Å². The molecule has 144 valence electrons. The Morgan fingerprint density at radius 1 is 1.19 bits per heavy atom. The summed E-state index contributed by atoms with van der Waals surface area (Å²) in [6.07, 6.45) is -2.28. The normalized spacial score (nSPS) is 20.3. The maximum atomic E-state index is 12.8. The van der Waals surface area contributed by atoms with Crippen molar-refractivity contribution in [1.29, 1.82) is 0 Å². The third-order valence-electron chi connectivity index (χ3n) is 4.59. The molecule has 0 radical (unpaired) electrons. The van der Waals surface area contributed by atoms with E-state index < -0.39 is 23.6 Å². The average molecular weight is 398 g/mol. The number of carbonyl (C=O) groups is 2. The van der Waals surface area contributed by atoms with Crippen LogP contribution in [-0.2, 0) is 11.0 Å². The molecule has 1 aromatic carbocycles. The molecular weight excluding hydrogens is 381 g/mol. The molecule has 1 heterocycles. The molecule has 1 aromatic heterocycles. The molecule has 2 aromatic rings. The van der Waals surface area contributed by atoms with Crippen molar-refractivity contribution in [3.8, 4) is 10.6 Å². The molecule has 0 saturated heterocycles. The van der Waals surface area contributed by atoms with Gasteiger partial charge in [-0.05, 0) is 37.8 Å². The third-order valence-corrected chi connectivity index (χ3v) is 5.48. The first kappa shape index (κ1) is 19.3. The van der Waals surface area contributed by atoms with E-state index in [1.165, 1.54) is 17.5 Å². The van der Waals surface area contributed by atoms with Crippen LogP contribution in [-0.4, -0.2) is 28.0 Å². The van der Waals surface area contributed by atoms with Gasteiger partial charge < -0.3 is 10.4 Å². The fraction of sp³-hybridized carbons (Fsp3) is 0.389. The molecule has 5 nitrogen and oxygen atoms in total. The molecule has 0 unspecified atom stereocenters. The maximum absolute atomic E-state index is 12.8. The molecule has 0 bridgehead atoms. The Kier molecular flexibility index (Phi) is 5.50. The quantitative estimate of drug-likeness (QED) is 0.809. The highest BCUT2D eigenvalue weighted by Gasteiger charge is 2.31. The predicted molar refractivity (Wildman–Crippen MR) is 93.4 cm³/mol. The Balaban J connectivity index is 1.66. The van der Waals surface area contributed by atoms with Crippen LogP contribution in [0.25, 0.3) is 10.6 Å². The van der Waals surface area contributed by atoms with Gasteiger partial charge in [0.2, 0.25) is 0 Å². The average Bonchev–Trinajstić information content (AvgIpc) is 3.12. The summed E-state index contributed by atoms with van der Waals surface area (Å²) in [6.45, 7) is 0. The van der Waals surface area contributed by atoms with E-state index >= 15 is 0 Å². The Labute approximate surface area is 157 Å². The summed E-state index contributed by atoms with van der Waals surface area (Å²) >= 11 is 1.10. The van der Waals surface area contributed by atoms with Gasteiger partial charge in [0.05, 0.1) is 11.5 Å². The number of carboxylic acid groups (broad SMARTS) is 1. The van der Waals surface area contributed by atoms with Gasteiger partial charge in [-0.1, -0.05) is 12.1 Å². The Bertz CT molecular complexity index is 842. The van der Waals surface area contributed by atoms with Crippen molar-refractivity contribution >= 4 is 23.2 Å². The number of rotatable bonds is 4. The highest BCUT2D eigenvalue weighted by Crippen LogP contribution is 2.33. The maximum Gasteiger partial charge on any atom is 0.416 e. The van der Waals surface area contributed by atoms with E-state index in [2.05, 4.69) is 10.3 Å². The van der Waals surface area contributed by atoms with Gasteiger partial charge in [0.1, 0.15) is 10.7 Å². The van der Waals surface area contributed by atoms with Gasteiger partial charge in [-0.25, -0.2) is 4.98 Å². The molecule has 0 aliphatic heterocycles. The number of hydrogen-bond donors (Lipinski definition) is 2. The fourth-order valence-electron chi connectivity index (χ4n) is 3.08. The molecule has 0 atom stereocenters. The summed E-state index contributed by atoms with van der Waals surface area (Å²) in [5.41, 5.74) is -0.319. The monoisotopic (exact) mass is 398 g/mol. The largest absolute Gasteiger partial charge is 0.481 e. The van der Waals surface area contributed by atoms with Crippen molar-refractivity contribution in [3.63, 3.8) is 0 Å².